The number of hydrogen-bond donors (Lipinski definition) is 0. The highest BCUT2D eigenvalue weighted by Crippen LogP contribution is 2.29. The first-order chi connectivity index (χ1) is 10.5. The molecule has 1 saturated carbocycles. The third-order valence-corrected chi connectivity index (χ3v) is 4.70. The zero-order chi connectivity index (χ0) is 16.7. The van der Waals surface area contributed by atoms with Gasteiger partial charge >= 0.3 is 0 Å². The molecular formula is C20H30O2. The van der Waals surface area contributed by atoms with Crippen LogP contribution in [0.15, 0.2) is 34.4 Å². The van der Waals surface area contributed by atoms with Crippen LogP contribution < -0.4 is 0 Å². The molecule has 0 aromatic rings. The van der Waals surface area contributed by atoms with E-state index < -0.39 is 0 Å². The van der Waals surface area contributed by atoms with Gasteiger partial charge in [-0.15, -0.1) is 0 Å². The van der Waals surface area contributed by atoms with Gasteiger partial charge < -0.3 is 0 Å². The van der Waals surface area contributed by atoms with E-state index in [1.165, 1.54) is 32.1 Å². The SMILES string of the molecule is CC.CC1=C(C)C(C)=C(C(=O)/C=C/C2CCCCC2)C(=O)C1. The van der Waals surface area contributed by atoms with Crippen molar-refractivity contribution in [3.05, 3.63) is 34.4 Å². The molecule has 2 aliphatic carbocycles. The molecule has 0 heterocycles. The smallest absolute Gasteiger partial charge is 0.189 e. The number of hydrogen-bond acceptors (Lipinski definition) is 2. The lowest BCUT2D eigenvalue weighted by Crippen LogP contribution is -2.18. The second kappa shape index (κ2) is 8.87. The van der Waals surface area contributed by atoms with Gasteiger partial charge in [-0.05, 0) is 56.8 Å². The zero-order valence-electron chi connectivity index (χ0n) is 14.8. The van der Waals surface area contributed by atoms with Crippen LogP contribution in [-0.2, 0) is 9.59 Å². The minimum Gasteiger partial charge on any atom is -0.294 e. The Kier molecular flexibility index (Phi) is 7.50. The molecule has 0 unspecified atom stereocenters. The molecule has 0 atom stereocenters. The molecule has 0 aliphatic heterocycles. The van der Waals surface area contributed by atoms with Crippen molar-refractivity contribution in [2.45, 2.75) is 73.1 Å². The molecule has 2 rings (SSSR count). The Morgan fingerprint density at radius 2 is 1.59 bits per heavy atom. The average molecular weight is 302 g/mol. The Hall–Kier alpha value is -1.44. The Balaban J connectivity index is 0.00000116. The van der Waals surface area contributed by atoms with Crippen molar-refractivity contribution in [2.24, 2.45) is 5.92 Å². The summed E-state index contributed by atoms with van der Waals surface area (Å²) in [6.07, 6.45) is 10.2. The molecule has 0 spiro atoms. The third kappa shape index (κ3) is 4.53. The molecular weight excluding hydrogens is 272 g/mol. The van der Waals surface area contributed by atoms with Crippen LogP contribution >= 0.6 is 0 Å². The molecule has 2 nitrogen and oxygen atoms in total. The molecule has 22 heavy (non-hydrogen) atoms. The van der Waals surface area contributed by atoms with Crippen LogP contribution in [0.1, 0.15) is 73.1 Å². The number of ketones is 2. The lowest BCUT2D eigenvalue weighted by Gasteiger charge is -2.19. The van der Waals surface area contributed by atoms with Gasteiger partial charge in [0.15, 0.2) is 11.6 Å². The molecule has 122 valence electrons. The van der Waals surface area contributed by atoms with Crippen molar-refractivity contribution < 1.29 is 9.59 Å². The molecule has 0 aromatic carbocycles. The molecule has 0 amide bonds. The largest absolute Gasteiger partial charge is 0.294 e. The van der Waals surface area contributed by atoms with E-state index in [0.717, 1.165) is 16.7 Å². The highest BCUT2D eigenvalue weighted by atomic mass is 16.1. The quantitative estimate of drug-likeness (QED) is 0.520. The summed E-state index contributed by atoms with van der Waals surface area (Å²) in [5, 5.41) is 0. The van der Waals surface area contributed by atoms with Crippen molar-refractivity contribution in [3.8, 4) is 0 Å². The predicted molar refractivity (Wildman–Crippen MR) is 92.8 cm³/mol. The summed E-state index contributed by atoms with van der Waals surface area (Å²) in [5.74, 6) is 0.388. The number of carbonyl (C=O) groups is 2. The van der Waals surface area contributed by atoms with Gasteiger partial charge in [0.05, 0.1) is 5.57 Å². The van der Waals surface area contributed by atoms with Gasteiger partial charge in [-0.3, -0.25) is 9.59 Å². The van der Waals surface area contributed by atoms with E-state index in [4.69, 9.17) is 0 Å². The second-order valence-electron chi connectivity index (χ2n) is 6.13. The Labute approximate surface area is 135 Å². The summed E-state index contributed by atoms with van der Waals surface area (Å²) in [6.45, 7) is 9.85. The molecule has 0 saturated heterocycles. The topological polar surface area (TPSA) is 34.1 Å². The first kappa shape index (κ1) is 18.6. The van der Waals surface area contributed by atoms with Gasteiger partial charge in [0, 0.05) is 6.42 Å². The Bertz CT molecular complexity index is 512. The maximum absolute atomic E-state index is 12.3. The van der Waals surface area contributed by atoms with E-state index in [2.05, 4.69) is 0 Å². The standard InChI is InChI=1S/C18H24O2.C2H6/c1-12-11-17(20)18(14(3)13(12)2)16(19)10-9-15-7-5-4-6-8-15;1-2/h9-10,15H,4-8,11H2,1-3H3;1-2H3/b10-9+;. The molecule has 0 N–H and O–H groups in total. The van der Waals surface area contributed by atoms with Crippen molar-refractivity contribution >= 4 is 11.6 Å². The molecule has 1 fully saturated rings. The van der Waals surface area contributed by atoms with Crippen LogP contribution in [0.5, 0.6) is 0 Å². The Morgan fingerprint density at radius 1 is 1.00 bits per heavy atom. The summed E-state index contributed by atoms with van der Waals surface area (Å²) in [6, 6.07) is 0. The monoisotopic (exact) mass is 302 g/mol. The highest BCUT2D eigenvalue weighted by Gasteiger charge is 2.25. The van der Waals surface area contributed by atoms with Gasteiger partial charge in [0.1, 0.15) is 0 Å². The van der Waals surface area contributed by atoms with Crippen molar-refractivity contribution in [2.75, 3.05) is 0 Å². The van der Waals surface area contributed by atoms with Crippen molar-refractivity contribution in [1.82, 2.24) is 0 Å². The van der Waals surface area contributed by atoms with E-state index in [0.29, 0.717) is 17.9 Å². The average Bonchev–Trinajstić information content (AvgIpc) is 2.54. The van der Waals surface area contributed by atoms with Gasteiger partial charge in [-0.2, -0.15) is 0 Å². The first-order valence-electron chi connectivity index (χ1n) is 8.64. The van der Waals surface area contributed by atoms with E-state index >= 15 is 0 Å². The van der Waals surface area contributed by atoms with Crippen LogP contribution in [0.25, 0.3) is 0 Å². The molecule has 2 aliphatic rings. The minimum absolute atomic E-state index is 0.0242. The van der Waals surface area contributed by atoms with Crippen molar-refractivity contribution in [3.63, 3.8) is 0 Å². The highest BCUT2D eigenvalue weighted by molar-refractivity contribution is 6.26. The lowest BCUT2D eigenvalue weighted by molar-refractivity contribution is -0.119. The number of Topliss-reactive ketones (excluding diaryl/α,β-unsaturated/α-hetero) is 1. The second-order valence-corrected chi connectivity index (χ2v) is 6.13. The fourth-order valence-corrected chi connectivity index (χ4v) is 3.13. The van der Waals surface area contributed by atoms with Crippen LogP contribution in [-0.4, -0.2) is 11.6 Å². The van der Waals surface area contributed by atoms with Crippen LogP contribution in [0.3, 0.4) is 0 Å². The van der Waals surface area contributed by atoms with Crippen LogP contribution in [0.2, 0.25) is 0 Å². The summed E-state index contributed by atoms with van der Waals surface area (Å²) in [4.78, 5) is 24.4. The number of rotatable bonds is 3. The molecule has 0 bridgehead atoms. The van der Waals surface area contributed by atoms with Gasteiger partial charge in [0.25, 0.3) is 0 Å². The number of allylic oxidation sites excluding steroid dienone is 6. The molecule has 2 heteroatoms. The molecule has 0 radical (unpaired) electrons. The van der Waals surface area contributed by atoms with Gasteiger partial charge in [-0.1, -0.05) is 44.8 Å². The van der Waals surface area contributed by atoms with Crippen LogP contribution in [0.4, 0.5) is 0 Å². The van der Waals surface area contributed by atoms with E-state index in [-0.39, 0.29) is 11.6 Å². The summed E-state index contributed by atoms with van der Waals surface area (Å²) in [5.41, 5.74) is 3.44. The maximum atomic E-state index is 12.3. The summed E-state index contributed by atoms with van der Waals surface area (Å²) < 4.78 is 0. The first-order valence-corrected chi connectivity index (χ1v) is 8.64. The summed E-state index contributed by atoms with van der Waals surface area (Å²) in [7, 11) is 0. The fourth-order valence-electron chi connectivity index (χ4n) is 3.13. The van der Waals surface area contributed by atoms with Crippen molar-refractivity contribution in [1.29, 1.82) is 0 Å². The third-order valence-electron chi connectivity index (χ3n) is 4.70. The van der Waals surface area contributed by atoms with E-state index in [1.54, 1.807) is 6.08 Å². The maximum Gasteiger partial charge on any atom is 0.189 e. The summed E-state index contributed by atoms with van der Waals surface area (Å²) >= 11 is 0. The van der Waals surface area contributed by atoms with E-state index in [1.807, 2.05) is 40.7 Å². The van der Waals surface area contributed by atoms with E-state index in [9.17, 15) is 9.59 Å². The zero-order valence-corrected chi connectivity index (χ0v) is 14.8. The fraction of sp³-hybridized carbons (Fsp3) is 0.600. The van der Waals surface area contributed by atoms with Gasteiger partial charge in [0.2, 0.25) is 0 Å². The van der Waals surface area contributed by atoms with Gasteiger partial charge in [-0.25, -0.2) is 0 Å². The normalized spacial score (nSPS) is 20.3. The number of carbonyl (C=O) groups excluding carboxylic acids is 2. The van der Waals surface area contributed by atoms with Crippen LogP contribution in [0, 0.1) is 5.92 Å². The minimum atomic E-state index is -0.107. The Morgan fingerprint density at radius 3 is 2.18 bits per heavy atom. The predicted octanol–water partition coefficient (Wildman–Crippen LogP) is 5.34. The molecule has 0 aromatic heterocycles. The lowest BCUT2D eigenvalue weighted by atomic mass is 9.84.